The van der Waals surface area contributed by atoms with E-state index >= 15 is 0 Å². The number of benzene rings is 2. The number of ether oxygens (including phenoxy) is 1. The number of phenolic OH excluding ortho intramolecular Hbond substituents is 1. The van der Waals surface area contributed by atoms with Crippen LogP contribution in [-0.4, -0.2) is 16.8 Å². The third kappa shape index (κ3) is 4.77. The van der Waals surface area contributed by atoms with Crippen LogP contribution in [0, 0.1) is 0 Å². The van der Waals surface area contributed by atoms with Gasteiger partial charge in [0.1, 0.15) is 11.4 Å². The largest absolute Gasteiger partial charge is 0.508 e. The number of nitrogens with one attached hydrogen (secondary N) is 1. The van der Waals surface area contributed by atoms with Crippen molar-refractivity contribution in [1.82, 2.24) is 0 Å². The number of aromatic hydroxyl groups is 1. The molecule has 0 bridgehead atoms. The minimum Gasteiger partial charge on any atom is -0.508 e. The lowest BCUT2D eigenvalue weighted by molar-refractivity contribution is 0.0636. The molecule has 0 unspecified atom stereocenters. The molecule has 0 aliphatic heterocycles. The summed E-state index contributed by atoms with van der Waals surface area (Å²) >= 11 is 3.35. The van der Waals surface area contributed by atoms with E-state index in [0.29, 0.717) is 5.69 Å². The van der Waals surface area contributed by atoms with E-state index < -0.39 is 11.7 Å². The third-order valence-corrected chi connectivity index (χ3v) is 3.18. The van der Waals surface area contributed by atoms with Crippen LogP contribution in [0.5, 0.6) is 5.75 Å². The minimum atomic E-state index is -0.544. The van der Waals surface area contributed by atoms with Crippen LogP contribution in [-0.2, 0) is 4.74 Å². The molecular formula is C17H18BrNO3. The van der Waals surface area contributed by atoms with Crippen molar-refractivity contribution in [3.63, 3.8) is 0 Å². The van der Waals surface area contributed by atoms with E-state index in [1.54, 1.807) is 18.2 Å². The first-order valence-corrected chi connectivity index (χ1v) is 7.62. The lowest BCUT2D eigenvalue weighted by Crippen LogP contribution is -2.27. The van der Waals surface area contributed by atoms with Gasteiger partial charge in [-0.05, 0) is 62.2 Å². The van der Waals surface area contributed by atoms with E-state index in [1.807, 2.05) is 45.0 Å². The Kier molecular flexibility index (Phi) is 4.76. The quantitative estimate of drug-likeness (QED) is 0.773. The van der Waals surface area contributed by atoms with E-state index in [-0.39, 0.29) is 5.75 Å². The van der Waals surface area contributed by atoms with Crippen molar-refractivity contribution in [1.29, 1.82) is 0 Å². The minimum absolute atomic E-state index is 0.176. The number of hydrogen-bond donors (Lipinski definition) is 2. The summed E-state index contributed by atoms with van der Waals surface area (Å²) in [6.45, 7) is 5.44. The molecule has 1 amide bonds. The van der Waals surface area contributed by atoms with Crippen LogP contribution in [0.1, 0.15) is 20.8 Å². The Morgan fingerprint density at radius 2 is 1.86 bits per heavy atom. The van der Waals surface area contributed by atoms with Gasteiger partial charge in [0.25, 0.3) is 0 Å². The van der Waals surface area contributed by atoms with Crippen molar-refractivity contribution >= 4 is 27.7 Å². The Balaban J connectivity index is 2.21. The summed E-state index contributed by atoms with van der Waals surface area (Å²) in [5.74, 6) is 0.176. The van der Waals surface area contributed by atoms with Gasteiger partial charge in [0.2, 0.25) is 0 Å². The van der Waals surface area contributed by atoms with Gasteiger partial charge in [-0.1, -0.05) is 28.1 Å². The van der Waals surface area contributed by atoms with E-state index in [0.717, 1.165) is 15.6 Å². The molecule has 22 heavy (non-hydrogen) atoms. The van der Waals surface area contributed by atoms with E-state index in [1.165, 1.54) is 0 Å². The number of carbonyl (C=O) groups excluding carboxylic acids is 1. The highest BCUT2D eigenvalue weighted by molar-refractivity contribution is 9.10. The fourth-order valence-electron chi connectivity index (χ4n) is 1.94. The lowest BCUT2D eigenvalue weighted by Gasteiger charge is -2.19. The first-order chi connectivity index (χ1) is 10.2. The van der Waals surface area contributed by atoms with Crippen LogP contribution in [0.4, 0.5) is 10.5 Å². The molecule has 0 aliphatic rings. The highest BCUT2D eigenvalue weighted by Crippen LogP contribution is 2.29. The Hall–Kier alpha value is -2.01. The third-order valence-electron chi connectivity index (χ3n) is 2.72. The van der Waals surface area contributed by atoms with Crippen molar-refractivity contribution in [3.8, 4) is 16.9 Å². The highest BCUT2D eigenvalue weighted by atomic mass is 79.9. The molecule has 4 nitrogen and oxygen atoms in total. The van der Waals surface area contributed by atoms with Crippen LogP contribution in [0.3, 0.4) is 0 Å². The normalized spacial score (nSPS) is 11.1. The van der Waals surface area contributed by atoms with Gasteiger partial charge in [-0.15, -0.1) is 0 Å². The molecule has 2 aromatic rings. The second-order valence-corrected chi connectivity index (χ2v) is 6.82. The molecule has 116 valence electrons. The zero-order valence-corrected chi connectivity index (χ0v) is 14.3. The highest BCUT2D eigenvalue weighted by Gasteiger charge is 2.16. The standard InChI is InChI=1S/C17H18BrNO3/c1-17(2,3)22-16(21)19-14-6-4-5-11(8-14)12-7-13(18)10-15(20)9-12/h4-10,20H,1-3H3,(H,19,21). The molecule has 0 fully saturated rings. The first-order valence-electron chi connectivity index (χ1n) is 6.83. The maximum atomic E-state index is 11.8. The van der Waals surface area contributed by atoms with E-state index in [9.17, 15) is 9.90 Å². The van der Waals surface area contributed by atoms with Crippen molar-refractivity contribution < 1.29 is 14.6 Å². The smallest absolute Gasteiger partial charge is 0.412 e. The molecular weight excluding hydrogens is 346 g/mol. The van der Waals surface area contributed by atoms with Crippen molar-refractivity contribution in [3.05, 3.63) is 46.9 Å². The number of hydrogen-bond acceptors (Lipinski definition) is 3. The first kappa shape index (κ1) is 16.4. The molecule has 0 saturated carbocycles. The second kappa shape index (κ2) is 6.40. The molecule has 2 N–H and O–H groups in total. The number of halogens is 1. The fraction of sp³-hybridized carbons (Fsp3) is 0.235. The number of phenols is 1. The predicted molar refractivity (Wildman–Crippen MR) is 91.1 cm³/mol. The maximum absolute atomic E-state index is 11.8. The fourth-order valence-corrected chi connectivity index (χ4v) is 2.42. The molecule has 0 heterocycles. The summed E-state index contributed by atoms with van der Waals surface area (Å²) in [4.78, 5) is 11.8. The van der Waals surface area contributed by atoms with Gasteiger partial charge in [0, 0.05) is 10.2 Å². The van der Waals surface area contributed by atoms with Crippen LogP contribution in [0.25, 0.3) is 11.1 Å². The summed E-state index contributed by atoms with van der Waals surface area (Å²) < 4.78 is 6.01. The zero-order chi connectivity index (χ0) is 16.3. The molecule has 2 rings (SSSR count). The van der Waals surface area contributed by atoms with Crippen molar-refractivity contribution in [2.45, 2.75) is 26.4 Å². The predicted octanol–water partition coefficient (Wildman–Crippen LogP) is 5.17. The van der Waals surface area contributed by atoms with Gasteiger partial charge < -0.3 is 9.84 Å². The Bertz CT molecular complexity index is 672. The molecule has 0 atom stereocenters. The average Bonchev–Trinajstić information content (AvgIpc) is 2.35. The van der Waals surface area contributed by atoms with E-state index in [2.05, 4.69) is 21.2 Å². The SMILES string of the molecule is CC(C)(C)OC(=O)Nc1cccc(-c2cc(O)cc(Br)c2)c1. The Morgan fingerprint density at radius 3 is 2.50 bits per heavy atom. The Labute approximate surface area is 138 Å². The molecule has 5 heteroatoms. The number of carbonyl (C=O) groups is 1. The van der Waals surface area contributed by atoms with E-state index in [4.69, 9.17) is 4.74 Å². The zero-order valence-electron chi connectivity index (χ0n) is 12.7. The van der Waals surface area contributed by atoms with Crippen molar-refractivity contribution in [2.24, 2.45) is 0 Å². The molecule has 0 radical (unpaired) electrons. The van der Waals surface area contributed by atoms with Crippen LogP contribution >= 0.6 is 15.9 Å². The lowest BCUT2D eigenvalue weighted by atomic mass is 10.0. The molecule has 2 aromatic carbocycles. The summed E-state index contributed by atoms with van der Waals surface area (Å²) in [7, 11) is 0. The number of rotatable bonds is 2. The molecule has 0 spiro atoms. The van der Waals surface area contributed by atoms with Crippen LogP contribution in [0.15, 0.2) is 46.9 Å². The number of anilines is 1. The second-order valence-electron chi connectivity index (χ2n) is 5.91. The van der Waals surface area contributed by atoms with Gasteiger partial charge in [-0.2, -0.15) is 0 Å². The summed E-state index contributed by atoms with van der Waals surface area (Å²) in [6, 6.07) is 12.5. The summed E-state index contributed by atoms with van der Waals surface area (Å²) in [6.07, 6.45) is -0.498. The van der Waals surface area contributed by atoms with Gasteiger partial charge >= 0.3 is 6.09 Å². The molecule has 0 saturated heterocycles. The van der Waals surface area contributed by atoms with Gasteiger partial charge in [-0.25, -0.2) is 4.79 Å². The average molecular weight is 364 g/mol. The summed E-state index contributed by atoms with van der Waals surface area (Å²) in [5.41, 5.74) is 1.81. The summed E-state index contributed by atoms with van der Waals surface area (Å²) in [5, 5.41) is 12.4. The van der Waals surface area contributed by atoms with Gasteiger partial charge in [0.05, 0.1) is 0 Å². The topological polar surface area (TPSA) is 58.6 Å². The monoisotopic (exact) mass is 363 g/mol. The maximum Gasteiger partial charge on any atom is 0.412 e. The number of amides is 1. The molecule has 0 aliphatic carbocycles. The van der Waals surface area contributed by atoms with Gasteiger partial charge in [0.15, 0.2) is 0 Å². The van der Waals surface area contributed by atoms with Gasteiger partial charge in [-0.3, -0.25) is 5.32 Å². The van der Waals surface area contributed by atoms with Crippen LogP contribution in [0.2, 0.25) is 0 Å². The van der Waals surface area contributed by atoms with Crippen LogP contribution < -0.4 is 5.32 Å². The molecule has 0 aromatic heterocycles. The van der Waals surface area contributed by atoms with Crippen molar-refractivity contribution in [2.75, 3.05) is 5.32 Å². The Morgan fingerprint density at radius 1 is 1.14 bits per heavy atom.